The van der Waals surface area contributed by atoms with Gasteiger partial charge in [0.15, 0.2) is 16.7 Å². The molecule has 1 aliphatic rings. The van der Waals surface area contributed by atoms with Gasteiger partial charge in [-0.2, -0.15) is 5.26 Å². The Labute approximate surface area is 250 Å². The minimum absolute atomic E-state index is 0.00479. The van der Waals surface area contributed by atoms with Gasteiger partial charge in [-0.05, 0) is 49.8 Å². The monoisotopic (exact) mass is 603 g/mol. The molecule has 216 valence electrons. The molecule has 42 heavy (non-hydrogen) atoms. The van der Waals surface area contributed by atoms with Crippen molar-refractivity contribution in [3.63, 3.8) is 0 Å². The predicted octanol–water partition coefficient (Wildman–Crippen LogP) is 4.27. The van der Waals surface area contributed by atoms with E-state index in [1.807, 2.05) is 6.07 Å². The average Bonchev–Trinajstić information content (AvgIpc) is 3.40. The first-order valence-electron chi connectivity index (χ1n) is 13.4. The van der Waals surface area contributed by atoms with Crippen LogP contribution < -0.4 is 25.3 Å². The zero-order valence-corrected chi connectivity index (χ0v) is 25.2. The largest absolute Gasteiger partial charge is 0.493 e. The van der Waals surface area contributed by atoms with Crippen molar-refractivity contribution in [3.8, 4) is 46.9 Å². The van der Waals surface area contributed by atoms with Crippen LogP contribution in [0.1, 0.15) is 35.3 Å². The first kappa shape index (κ1) is 29.2. The Hall–Kier alpha value is -4.26. The Bertz CT molecular complexity index is 1840. The summed E-state index contributed by atoms with van der Waals surface area (Å²) in [5, 5.41) is 11.0. The molecule has 0 bridgehead atoms. The normalized spacial score (nSPS) is 12.4. The summed E-state index contributed by atoms with van der Waals surface area (Å²) in [5.41, 5.74) is 1.12. The van der Waals surface area contributed by atoms with Gasteiger partial charge in [-0.15, -0.1) is 17.8 Å². The molecule has 10 nitrogen and oxygen atoms in total. The lowest BCUT2D eigenvalue weighted by molar-refractivity contribution is 0.324. The summed E-state index contributed by atoms with van der Waals surface area (Å²) in [6.07, 6.45) is 12.0. The van der Waals surface area contributed by atoms with Crippen LogP contribution in [-0.2, 0) is 25.9 Å². The molecule has 0 spiro atoms. The second-order valence-corrected chi connectivity index (χ2v) is 11.7. The number of benzene rings is 1. The Morgan fingerprint density at radius 3 is 2.50 bits per heavy atom. The molecule has 0 atom stereocenters. The van der Waals surface area contributed by atoms with E-state index >= 15 is 0 Å². The number of nitriles is 1. The van der Waals surface area contributed by atoms with Crippen molar-refractivity contribution in [2.75, 3.05) is 27.1 Å². The number of ether oxygens (including phenoxy) is 3. The topological polar surface area (TPSA) is 121 Å². The van der Waals surface area contributed by atoms with Gasteiger partial charge in [0.2, 0.25) is 5.75 Å². The molecule has 0 saturated carbocycles. The molecule has 0 fully saturated rings. The van der Waals surface area contributed by atoms with Crippen LogP contribution in [0.4, 0.5) is 0 Å². The number of rotatable bonds is 10. The first-order chi connectivity index (χ1) is 20.4. The number of thioether (sulfide) groups is 1. The Balaban J connectivity index is 1.44. The SMILES string of the molecule is C#CCn1c(SCCCn2cnc3sc4c(c3c2=O)CCCC4)nc(-c2cc(OC)c(OC)c(OC)c2)c(C#N)c1=O. The van der Waals surface area contributed by atoms with E-state index in [1.54, 1.807) is 34.4 Å². The second-order valence-electron chi connectivity index (χ2n) is 9.58. The van der Waals surface area contributed by atoms with E-state index in [0.717, 1.165) is 35.9 Å². The second kappa shape index (κ2) is 12.7. The Morgan fingerprint density at radius 2 is 1.83 bits per heavy atom. The molecule has 0 unspecified atom stereocenters. The quantitative estimate of drug-likeness (QED) is 0.113. The lowest BCUT2D eigenvalue weighted by atomic mass is 9.97. The van der Waals surface area contributed by atoms with E-state index in [0.29, 0.717) is 46.7 Å². The molecule has 0 N–H and O–H groups in total. The average molecular weight is 604 g/mol. The van der Waals surface area contributed by atoms with Crippen LogP contribution in [0.15, 0.2) is 33.2 Å². The molecule has 0 saturated heterocycles. The van der Waals surface area contributed by atoms with Crippen molar-refractivity contribution < 1.29 is 14.2 Å². The number of hydrogen-bond acceptors (Lipinski definition) is 10. The lowest BCUT2D eigenvalue weighted by Gasteiger charge is -2.16. The van der Waals surface area contributed by atoms with Gasteiger partial charge >= 0.3 is 0 Å². The van der Waals surface area contributed by atoms with Crippen molar-refractivity contribution in [1.29, 1.82) is 5.26 Å². The summed E-state index contributed by atoms with van der Waals surface area (Å²) in [5.74, 6) is 4.13. The maximum Gasteiger partial charge on any atom is 0.273 e. The van der Waals surface area contributed by atoms with Gasteiger partial charge in [0.05, 0.1) is 45.3 Å². The zero-order valence-electron chi connectivity index (χ0n) is 23.6. The summed E-state index contributed by atoms with van der Waals surface area (Å²) in [6.45, 7) is 0.427. The van der Waals surface area contributed by atoms with Gasteiger partial charge in [0, 0.05) is 22.7 Å². The van der Waals surface area contributed by atoms with E-state index in [1.165, 1.54) is 48.1 Å². The van der Waals surface area contributed by atoms with E-state index < -0.39 is 5.56 Å². The molecule has 3 aromatic heterocycles. The minimum Gasteiger partial charge on any atom is -0.493 e. The number of hydrogen-bond donors (Lipinski definition) is 0. The first-order valence-corrected chi connectivity index (χ1v) is 15.2. The summed E-state index contributed by atoms with van der Waals surface area (Å²) >= 11 is 2.97. The number of fused-ring (bicyclic) bond motifs is 3. The molecule has 1 aliphatic carbocycles. The third kappa shape index (κ3) is 5.36. The number of methoxy groups -OCH3 is 3. The van der Waals surface area contributed by atoms with Gasteiger partial charge in [-0.25, -0.2) is 9.97 Å². The van der Waals surface area contributed by atoms with Crippen LogP contribution >= 0.6 is 23.1 Å². The number of thiophene rings is 1. The molecule has 12 heteroatoms. The van der Waals surface area contributed by atoms with E-state index in [-0.39, 0.29) is 23.4 Å². The molecular formula is C30H29N5O5S2. The van der Waals surface area contributed by atoms with Crippen molar-refractivity contribution >= 4 is 33.3 Å². The fourth-order valence-corrected chi connectivity index (χ4v) is 7.28. The van der Waals surface area contributed by atoms with Gasteiger partial charge in [-0.3, -0.25) is 18.7 Å². The molecule has 0 aliphatic heterocycles. The molecular weight excluding hydrogens is 574 g/mol. The van der Waals surface area contributed by atoms with Crippen LogP contribution in [0.2, 0.25) is 0 Å². The van der Waals surface area contributed by atoms with Crippen LogP contribution in [0.3, 0.4) is 0 Å². The van der Waals surface area contributed by atoms with Gasteiger partial charge in [-0.1, -0.05) is 17.7 Å². The van der Waals surface area contributed by atoms with E-state index in [9.17, 15) is 14.9 Å². The third-order valence-corrected chi connectivity index (χ3v) is 9.41. The maximum absolute atomic E-state index is 13.4. The number of aryl methyl sites for hydroxylation is 3. The molecule has 1 aromatic carbocycles. The summed E-state index contributed by atoms with van der Waals surface area (Å²) < 4.78 is 19.3. The molecule has 3 heterocycles. The van der Waals surface area contributed by atoms with Crippen LogP contribution in [-0.4, -0.2) is 46.2 Å². The lowest BCUT2D eigenvalue weighted by Crippen LogP contribution is -2.26. The third-order valence-electron chi connectivity index (χ3n) is 7.15. The van der Waals surface area contributed by atoms with Crippen molar-refractivity contribution in [1.82, 2.24) is 19.1 Å². The van der Waals surface area contributed by atoms with Crippen LogP contribution in [0.5, 0.6) is 17.2 Å². The molecule has 5 rings (SSSR count). The van der Waals surface area contributed by atoms with Gasteiger partial charge in [0.25, 0.3) is 11.1 Å². The highest BCUT2D eigenvalue weighted by Crippen LogP contribution is 2.41. The van der Waals surface area contributed by atoms with Crippen molar-refractivity contribution in [3.05, 3.63) is 55.2 Å². The summed E-state index contributed by atoms with van der Waals surface area (Å²) in [4.78, 5) is 38.1. The Morgan fingerprint density at radius 1 is 1.10 bits per heavy atom. The predicted molar refractivity (Wildman–Crippen MR) is 163 cm³/mol. The smallest absolute Gasteiger partial charge is 0.273 e. The fourth-order valence-electron chi connectivity index (χ4n) is 5.14. The number of terminal acetylenes is 1. The summed E-state index contributed by atoms with van der Waals surface area (Å²) in [6, 6.07) is 5.27. The van der Waals surface area contributed by atoms with Gasteiger partial charge < -0.3 is 14.2 Å². The molecule has 0 radical (unpaired) electrons. The minimum atomic E-state index is -0.537. The van der Waals surface area contributed by atoms with Crippen molar-refractivity contribution in [2.24, 2.45) is 0 Å². The van der Waals surface area contributed by atoms with Crippen LogP contribution in [0, 0.1) is 23.7 Å². The summed E-state index contributed by atoms with van der Waals surface area (Å²) in [7, 11) is 4.46. The van der Waals surface area contributed by atoms with E-state index in [2.05, 4.69) is 10.9 Å². The van der Waals surface area contributed by atoms with Crippen molar-refractivity contribution in [2.45, 2.75) is 50.4 Å². The standard InChI is InChI=1S/C30H29N5O5S2/c1-5-11-35-28(36)20(16-31)25(18-14-21(38-2)26(40-4)22(15-18)39-3)33-30(35)41-13-8-12-34-17-32-27-24(29(34)37)19-9-6-7-10-23(19)42-27/h1,14-15,17H,6-13H2,2-4H3. The number of nitrogens with zero attached hydrogens (tertiary/aromatic N) is 5. The van der Waals surface area contributed by atoms with Crippen LogP contribution in [0.25, 0.3) is 21.5 Å². The Kier molecular flexibility index (Phi) is 8.86. The molecule has 0 amide bonds. The highest BCUT2D eigenvalue weighted by atomic mass is 32.2. The highest BCUT2D eigenvalue weighted by molar-refractivity contribution is 7.99. The number of aromatic nitrogens is 4. The van der Waals surface area contributed by atoms with E-state index in [4.69, 9.17) is 25.6 Å². The molecule has 4 aromatic rings. The fraction of sp³-hybridized carbons (Fsp3) is 0.367. The maximum atomic E-state index is 13.4. The van der Waals surface area contributed by atoms with Gasteiger partial charge in [0.1, 0.15) is 16.5 Å². The zero-order chi connectivity index (χ0) is 29.8. The highest BCUT2D eigenvalue weighted by Gasteiger charge is 2.23.